The molecular formula is C17H12ClFN4S. The van der Waals surface area contributed by atoms with Gasteiger partial charge in [-0.2, -0.15) is 0 Å². The van der Waals surface area contributed by atoms with Gasteiger partial charge in [0.05, 0.1) is 16.9 Å². The van der Waals surface area contributed by atoms with E-state index >= 15 is 0 Å². The molecule has 0 radical (unpaired) electrons. The number of hydrogen-bond acceptors (Lipinski definition) is 4. The van der Waals surface area contributed by atoms with Crippen LogP contribution in [0.25, 0.3) is 16.2 Å². The molecule has 24 heavy (non-hydrogen) atoms. The second-order valence-corrected chi connectivity index (χ2v) is 6.58. The molecule has 0 aliphatic heterocycles. The molecule has 4 nitrogen and oxygen atoms in total. The molecule has 0 spiro atoms. The van der Waals surface area contributed by atoms with E-state index in [-0.39, 0.29) is 5.02 Å². The van der Waals surface area contributed by atoms with Gasteiger partial charge in [-0.25, -0.2) is 13.9 Å². The van der Waals surface area contributed by atoms with Crippen LogP contribution in [0.4, 0.5) is 9.52 Å². The molecule has 0 fully saturated rings. The number of nitrogens with zero attached hydrogens (tertiary/aromatic N) is 3. The number of imidazole rings is 1. The fourth-order valence-corrected chi connectivity index (χ4v) is 3.37. The van der Waals surface area contributed by atoms with Crippen molar-refractivity contribution >= 4 is 33.0 Å². The molecule has 0 aliphatic rings. The zero-order chi connectivity index (χ0) is 16.5. The van der Waals surface area contributed by atoms with Crippen molar-refractivity contribution in [3.8, 4) is 11.3 Å². The fraction of sp³-hybridized carbons (Fsp3) is 0.0588. The van der Waals surface area contributed by atoms with Gasteiger partial charge in [-0.15, -0.1) is 5.10 Å². The topological polar surface area (TPSA) is 42.2 Å². The van der Waals surface area contributed by atoms with Gasteiger partial charge in [0.1, 0.15) is 5.82 Å². The molecule has 2 aromatic carbocycles. The fourth-order valence-electron chi connectivity index (χ4n) is 2.40. The van der Waals surface area contributed by atoms with Crippen LogP contribution < -0.4 is 5.32 Å². The Morgan fingerprint density at radius 1 is 1.17 bits per heavy atom. The van der Waals surface area contributed by atoms with Gasteiger partial charge in [-0.1, -0.05) is 59.3 Å². The minimum atomic E-state index is -0.416. The maximum absolute atomic E-state index is 13.2. The Morgan fingerprint density at radius 2 is 2.00 bits per heavy atom. The average molecular weight is 359 g/mol. The minimum absolute atomic E-state index is 0.120. The van der Waals surface area contributed by atoms with Crippen molar-refractivity contribution in [2.75, 3.05) is 5.32 Å². The first-order valence-corrected chi connectivity index (χ1v) is 8.48. The third kappa shape index (κ3) is 2.86. The van der Waals surface area contributed by atoms with Crippen molar-refractivity contribution in [3.05, 3.63) is 71.1 Å². The summed E-state index contributed by atoms with van der Waals surface area (Å²) in [6, 6.07) is 14.7. The molecule has 4 rings (SSSR count). The maximum atomic E-state index is 13.2. The first-order valence-electron chi connectivity index (χ1n) is 7.28. The van der Waals surface area contributed by atoms with Crippen LogP contribution >= 0.6 is 22.9 Å². The third-order valence-electron chi connectivity index (χ3n) is 3.58. The van der Waals surface area contributed by atoms with Crippen LogP contribution in [0.15, 0.2) is 54.7 Å². The van der Waals surface area contributed by atoms with Crippen LogP contribution in [0.2, 0.25) is 5.02 Å². The van der Waals surface area contributed by atoms with Gasteiger partial charge in [0.25, 0.3) is 0 Å². The van der Waals surface area contributed by atoms with E-state index in [1.54, 1.807) is 12.1 Å². The Kier molecular flexibility index (Phi) is 3.92. The number of anilines is 1. The highest BCUT2D eigenvalue weighted by molar-refractivity contribution is 7.20. The second kappa shape index (κ2) is 6.22. The number of halogens is 2. The molecule has 0 unspecified atom stereocenters. The number of benzene rings is 2. The summed E-state index contributed by atoms with van der Waals surface area (Å²) in [4.78, 5) is 5.22. The molecule has 0 atom stereocenters. The normalized spacial score (nSPS) is 11.1. The molecule has 2 heterocycles. The number of fused-ring (bicyclic) bond motifs is 1. The number of rotatable bonds is 4. The molecule has 0 amide bonds. The van der Waals surface area contributed by atoms with E-state index in [1.165, 1.54) is 17.4 Å². The zero-order valence-electron chi connectivity index (χ0n) is 12.4. The summed E-state index contributed by atoms with van der Waals surface area (Å²) >= 11 is 7.26. The van der Waals surface area contributed by atoms with E-state index in [9.17, 15) is 4.39 Å². The second-order valence-electron chi connectivity index (χ2n) is 5.21. The maximum Gasteiger partial charge on any atom is 0.214 e. The van der Waals surface area contributed by atoms with Gasteiger partial charge in [0.15, 0.2) is 0 Å². The number of nitrogens with one attached hydrogen (secondary N) is 1. The first-order chi connectivity index (χ1) is 11.7. The zero-order valence-corrected chi connectivity index (χ0v) is 14.0. The van der Waals surface area contributed by atoms with Gasteiger partial charge in [-0.05, 0) is 17.7 Å². The Balaban J connectivity index is 1.57. The summed E-state index contributed by atoms with van der Waals surface area (Å²) in [7, 11) is 0. The smallest absolute Gasteiger partial charge is 0.214 e. The molecule has 120 valence electrons. The highest BCUT2D eigenvalue weighted by atomic mass is 35.5. The Hall–Kier alpha value is -2.44. The molecule has 0 bridgehead atoms. The van der Waals surface area contributed by atoms with Crippen LogP contribution in [-0.4, -0.2) is 14.6 Å². The summed E-state index contributed by atoms with van der Waals surface area (Å²) < 4.78 is 15.0. The molecule has 7 heteroatoms. The van der Waals surface area contributed by atoms with Crippen molar-refractivity contribution in [1.82, 2.24) is 14.6 Å². The van der Waals surface area contributed by atoms with Crippen LogP contribution in [0.5, 0.6) is 0 Å². The Bertz CT molecular complexity index is 996. The first kappa shape index (κ1) is 15.1. The van der Waals surface area contributed by atoms with E-state index in [4.69, 9.17) is 11.6 Å². The van der Waals surface area contributed by atoms with Crippen molar-refractivity contribution in [3.63, 3.8) is 0 Å². The van der Waals surface area contributed by atoms with Crippen molar-refractivity contribution in [2.45, 2.75) is 6.54 Å². The van der Waals surface area contributed by atoms with Crippen molar-refractivity contribution < 1.29 is 4.39 Å². The van der Waals surface area contributed by atoms with Crippen molar-refractivity contribution in [2.24, 2.45) is 0 Å². The lowest BCUT2D eigenvalue weighted by Gasteiger charge is -2.03. The number of hydrogen-bond donors (Lipinski definition) is 1. The lowest BCUT2D eigenvalue weighted by atomic mass is 10.2. The molecule has 4 aromatic rings. The summed E-state index contributed by atoms with van der Waals surface area (Å²) in [5.74, 6) is -0.416. The number of aromatic nitrogens is 3. The highest BCUT2D eigenvalue weighted by Gasteiger charge is 2.11. The molecule has 1 N–H and O–H groups in total. The van der Waals surface area contributed by atoms with Crippen LogP contribution in [-0.2, 0) is 6.54 Å². The summed E-state index contributed by atoms with van der Waals surface area (Å²) in [6.07, 6.45) is 1.82. The van der Waals surface area contributed by atoms with E-state index in [0.717, 1.165) is 26.9 Å². The summed E-state index contributed by atoms with van der Waals surface area (Å²) in [5, 5.41) is 8.65. The van der Waals surface area contributed by atoms with Gasteiger partial charge < -0.3 is 5.32 Å². The summed E-state index contributed by atoms with van der Waals surface area (Å²) in [5.41, 5.74) is 2.89. The Morgan fingerprint density at radius 3 is 2.79 bits per heavy atom. The van der Waals surface area contributed by atoms with Gasteiger partial charge in [0.2, 0.25) is 10.1 Å². The van der Waals surface area contributed by atoms with Crippen LogP contribution in [0, 0.1) is 5.82 Å². The lowest BCUT2D eigenvalue weighted by molar-refractivity contribution is 0.627. The third-order valence-corrected chi connectivity index (χ3v) is 4.75. The van der Waals surface area contributed by atoms with Crippen LogP contribution in [0.1, 0.15) is 5.56 Å². The van der Waals surface area contributed by atoms with E-state index in [2.05, 4.69) is 15.4 Å². The lowest BCUT2D eigenvalue weighted by Crippen LogP contribution is -2.00. The van der Waals surface area contributed by atoms with Gasteiger partial charge >= 0.3 is 0 Å². The van der Waals surface area contributed by atoms with E-state index in [0.29, 0.717) is 6.54 Å². The largest absolute Gasteiger partial charge is 0.356 e. The van der Waals surface area contributed by atoms with E-state index < -0.39 is 5.82 Å². The van der Waals surface area contributed by atoms with Gasteiger partial charge in [-0.3, -0.25) is 0 Å². The Labute approximate surface area is 146 Å². The quantitative estimate of drug-likeness (QED) is 0.566. The predicted molar refractivity (Wildman–Crippen MR) is 95.0 cm³/mol. The standard InChI is InChI=1S/C17H12ClFN4S/c18-13-8-11(6-7-14(13)19)9-20-16-22-23-15(10-21-17(23)24-16)12-4-2-1-3-5-12/h1-8,10H,9H2,(H,20,22). The van der Waals surface area contributed by atoms with E-state index in [1.807, 2.05) is 41.0 Å². The average Bonchev–Trinajstić information content (AvgIpc) is 3.17. The van der Waals surface area contributed by atoms with Crippen LogP contribution in [0.3, 0.4) is 0 Å². The SMILES string of the molecule is Fc1ccc(CNc2nn3c(-c4ccccc4)cnc3s2)cc1Cl. The highest BCUT2D eigenvalue weighted by Crippen LogP contribution is 2.26. The molecule has 0 aliphatic carbocycles. The van der Waals surface area contributed by atoms with Gasteiger partial charge in [0, 0.05) is 12.1 Å². The monoisotopic (exact) mass is 358 g/mol. The predicted octanol–water partition coefficient (Wildman–Crippen LogP) is 4.86. The minimum Gasteiger partial charge on any atom is -0.356 e. The summed E-state index contributed by atoms with van der Waals surface area (Å²) in [6.45, 7) is 0.511. The van der Waals surface area contributed by atoms with Crippen molar-refractivity contribution in [1.29, 1.82) is 0 Å². The molecule has 0 saturated carbocycles. The molecule has 0 saturated heterocycles. The molecule has 2 aromatic heterocycles. The molecular weight excluding hydrogens is 347 g/mol.